The Morgan fingerprint density at radius 3 is 2.72 bits per heavy atom. The van der Waals surface area contributed by atoms with Crippen LogP contribution >= 0.6 is 0 Å². The molecular weight excluding hydrogens is 312 g/mol. The van der Waals surface area contributed by atoms with Crippen molar-refractivity contribution < 1.29 is 4.74 Å². The highest BCUT2D eigenvalue weighted by Gasteiger charge is 2.06. The first kappa shape index (κ1) is 15.2. The molecule has 4 aromatic rings. The maximum atomic E-state index is 5.94. The minimum atomic E-state index is 0.705. The van der Waals surface area contributed by atoms with E-state index in [-0.39, 0.29) is 0 Å². The van der Waals surface area contributed by atoms with Crippen LogP contribution in [-0.2, 0) is 13.6 Å². The van der Waals surface area contributed by atoms with Gasteiger partial charge in [-0.15, -0.1) is 0 Å². The van der Waals surface area contributed by atoms with Crippen molar-refractivity contribution in [2.45, 2.75) is 6.54 Å². The fraction of sp³-hybridized carbons (Fsp3) is 0.100. The van der Waals surface area contributed by atoms with E-state index in [1.807, 2.05) is 80.2 Å². The number of anilines is 1. The average molecular weight is 330 g/mol. The summed E-state index contributed by atoms with van der Waals surface area (Å²) in [6.07, 6.45) is 5.67. The van der Waals surface area contributed by atoms with E-state index in [1.165, 1.54) is 0 Å². The Kier molecular flexibility index (Phi) is 4.04. The molecule has 0 radical (unpaired) electrons. The highest BCUT2D eigenvalue weighted by atomic mass is 16.5. The summed E-state index contributed by atoms with van der Waals surface area (Å²) in [7, 11) is 1.92. The standard InChI is InChI=1S/C20H18N4O/c1-24-14-15(13-23-24)12-22-20-9-10-21-19-8-7-17(11-18(19)20)25-16-5-3-2-4-6-16/h2-11,13-14H,12H2,1H3,(H,21,22). The van der Waals surface area contributed by atoms with Crippen molar-refractivity contribution in [2.24, 2.45) is 7.05 Å². The average Bonchev–Trinajstić information content (AvgIpc) is 3.06. The van der Waals surface area contributed by atoms with Gasteiger partial charge in [0.2, 0.25) is 0 Å². The number of nitrogens with zero attached hydrogens (tertiary/aromatic N) is 3. The van der Waals surface area contributed by atoms with E-state index in [1.54, 1.807) is 4.68 Å². The van der Waals surface area contributed by atoms with Crippen LogP contribution in [0, 0.1) is 0 Å². The number of hydrogen-bond acceptors (Lipinski definition) is 4. The summed E-state index contributed by atoms with van der Waals surface area (Å²) in [5.74, 6) is 1.60. The molecule has 0 atom stereocenters. The van der Waals surface area contributed by atoms with E-state index in [9.17, 15) is 0 Å². The number of pyridine rings is 1. The second-order valence-electron chi connectivity index (χ2n) is 5.83. The minimum Gasteiger partial charge on any atom is -0.457 e. The third-order valence-corrected chi connectivity index (χ3v) is 3.93. The quantitative estimate of drug-likeness (QED) is 0.590. The molecular formula is C20H18N4O. The number of para-hydroxylation sites is 1. The van der Waals surface area contributed by atoms with E-state index in [0.29, 0.717) is 6.54 Å². The first-order chi connectivity index (χ1) is 12.3. The molecule has 4 rings (SSSR count). The maximum absolute atomic E-state index is 5.94. The second-order valence-corrected chi connectivity index (χ2v) is 5.83. The summed E-state index contributed by atoms with van der Waals surface area (Å²) < 4.78 is 7.74. The van der Waals surface area contributed by atoms with Crippen molar-refractivity contribution in [3.05, 3.63) is 78.8 Å². The Hall–Kier alpha value is -3.34. The molecule has 25 heavy (non-hydrogen) atoms. The molecule has 0 fully saturated rings. The van der Waals surface area contributed by atoms with Crippen LogP contribution in [0.5, 0.6) is 11.5 Å². The molecule has 0 saturated heterocycles. The van der Waals surface area contributed by atoms with Crippen LogP contribution < -0.4 is 10.1 Å². The summed E-state index contributed by atoms with van der Waals surface area (Å²) in [5, 5.41) is 8.68. The number of rotatable bonds is 5. The van der Waals surface area contributed by atoms with Crippen LogP contribution in [0.2, 0.25) is 0 Å². The Morgan fingerprint density at radius 1 is 1.04 bits per heavy atom. The van der Waals surface area contributed by atoms with E-state index in [2.05, 4.69) is 15.4 Å². The summed E-state index contributed by atoms with van der Waals surface area (Å²) in [4.78, 5) is 4.44. The largest absolute Gasteiger partial charge is 0.457 e. The lowest BCUT2D eigenvalue weighted by Gasteiger charge is -2.11. The number of fused-ring (bicyclic) bond motifs is 1. The SMILES string of the molecule is Cn1cc(CNc2ccnc3ccc(Oc4ccccc4)cc23)cn1. The fourth-order valence-corrected chi connectivity index (χ4v) is 2.73. The molecule has 0 amide bonds. The first-order valence-electron chi connectivity index (χ1n) is 8.11. The van der Waals surface area contributed by atoms with Gasteiger partial charge in [0.1, 0.15) is 11.5 Å². The third kappa shape index (κ3) is 3.45. The van der Waals surface area contributed by atoms with Gasteiger partial charge in [-0.1, -0.05) is 18.2 Å². The third-order valence-electron chi connectivity index (χ3n) is 3.93. The Balaban J connectivity index is 1.61. The zero-order valence-electron chi connectivity index (χ0n) is 13.9. The fourth-order valence-electron chi connectivity index (χ4n) is 2.73. The van der Waals surface area contributed by atoms with Crippen molar-refractivity contribution in [2.75, 3.05) is 5.32 Å². The maximum Gasteiger partial charge on any atom is 0.128 e. The Morgan fingerprint density at radius 2 is 1.92 bits per heavy atom. The zero-order valence-corrected chi connectivity index (χ0v) is 13.9. The number of benzene rings is 2. The number of aromatic nitrogens is 3. The molecule has 0 saturated carbocycles. The summed E-state index contributed by atoms with van der Waals surface area (Å²) in [5.41, 5.74) is 3.08. The van der Waals surface area contributed by atoms with Crippen LogP contribution in [0.15, 0.2) is 73.2 Å². The summed E-state index contributed by atoms with van der Waals surface area (Å²) >= 11 is 0. The molecule has 5 nitrogen and oxygen atoms in total. The van der Waals surface area contributed by atoms with Crippen molar-refractivity contribution in [3.8, 4) is 11.5 Å². The number of hydrogen-bond donors (Lipinski definition) is 1. The molecule has 0 aliphatic carbocycles. The van der Waals surface area contributed by atoms with Gasteiger partial charge in [0.15, 0.2) is 0 Å². The molecule has 2 heterocycles. The molecule has 124 valence electrons. The van der Waals surface area contributed by atoms with Gasteiger partial charge in [-0.05, 0) is 36.4 Å². The molecule has 0 unspecified atom stereocenters. The molecule has 0 aliphatic heterocycles. The van der Waals surface area contributed by atoms with Crippen molar-refractivity contribution in [1.29, 1.82) is 0 Å². The van der Waals surface area contributed by atoms with Crippen LogP contribution in [0.1, 0.15) is 5.56 Å². The van der Waals surface area contributed by atoms with E-state index < -0.39 is 0 Å². The number of nitrogens with one attached hydrogen (secondary N) is 1. The van der Waals surface area contributed by atoms with Gasteiger partial charge in [0.05, 0.1) is 11.7 Å². The van der Waals surface area contributed by atoms with Gasteiger partial charge in [-0.2, -0.15) is 5.10 Å². The lowest BCUT2D eigenvalue weighted by atomic mass is 10.1. The lowest BCUT2D eigenvalue weighted by molar-refractivity contribution is 0.483. The predicted molar refractivity (Wildman–Crippen MR) is 98.8 cm³/mol. The van der Waals surface area contributed by atoms with Gasteiger partial charge in [0, 0.05) is 42.6 Å². The van der Waals surface area contributed by atoms with Crippen LogP contribution in [0.25, 0.3) is 10.9 Å². The Labute approximate surface area is 145 Å². The minimum absolute atomic E-state index is 0.705. The highest BCUT2D eigenvalue weighted by Crippen LogP contribution is 2.29. The smallest absolute Gasteiger partial charge is 0.128 e. The number of ether oxygens (including phenoxy) is 1. The molecule has 0 bridgehead atoms. The van der Waals surface area contributed by atoms with Gasteiger partial charge >= 0.3 is 0 Å². The highest BCUT2D eigenvalue weighted by molar-refractivity contribution is 5.92. The second kappa shape index (κ2) is 6.65. The van der Waals surface area contributed by atoms with Crippen molar-refractivity contribution in [1.82, 2.24) is 14.8 Å². The summed E-state index contributed by atoms with van der Waals surface area (Å²) in [6.45, 7) is 0.705. The molecule has 0 spiro atoms. The molecule has 5 heteroatoms. The number of aryl methyl sites for hydroxylation is 1. The van der Waals surface area contributed by atoms with Gasteiger partial charge in [-0.3, -0.25) is 9.67 Å². The van der Waals surface area contributed by atoms with E-state index in [0.717, 1.165) is 33.7 Å². The normalized spacial score (nSPS) is 10.8. The predicted octanol–water partition coefficient (Wildman–Crippen LogP) is 4.37. The molecule has 2 aromatic carbocycles. The van der Waals surface area contributed by atoms with Crippen LogP contribution in [0.4, 0.5) is 5.69 Å². The van der Waals surface area contributed by atoms with E-state index in [4.69, 9.17) is 4.74 Å². The molecule has 2 aromatic heterocycles. The van der Waals surface area contributed by atoms with Gasteiger partial charge < -0.3 is 10.1 Å². The van der Waals surface area contributed by atoms with E-state index >= 15 is 0 Å². The van der Waals surface area contributed by atoms with Gasteiger partial charge in [-0.25, -0.2) is 0 Å². The zero-order chi connectivity index (χ0) is 17.1. The first-order valence-corrected chi connectivity index (χ1v) is 8.11. The van der Waals surface area contributed by atoms with Crippen molar-refractivity contribution in [3.63, 3.8) is 0 Å². The van der Waals surface area contributed by atoms with Gasteiger partial charge in [0.25, 0.3) is 0 Å². The lowest BCUT2D eigenvalue weighted by Crippen LogP contribution is -1.99. The molecule has 0 aliphatic rings. The molecule has 1 N–H and O–H groups in total. The topological polar surface area (TPSA) is 52.0 Å². The van der Waals surface area contributed by atoms with Crippen molar-refractivity contribution >= 4 is 16.6 Å². The Bertz CT molecular complexity index is 995. The summed E-state index contributed by atoms with van der Waals surface area (Å²) in [6, 6.07) is 17.7. The van der Waals surface area contributed by atoms with Crippen LogP contribution in [0.3, 0.4) is 0 Å². The monoisotopic (exact) mass is 330 g/mol. The van der Waals surface area contributed by atoms with Crippen LogP contribution in [-0.4, -0.2) is 14.8 Å².